The molecule has 1 saturated heterocycles. The van der Waals surface area contributed by atoms with Gasteiger partial charge >= 0.3 is 0 Å². The van der Waals surface area contributed by atoms with Crippen LogP contribution in [-0.4, -0.2) is 58.2 Å². The van der Waals surface area contributed by atoms with Crippen LogP contribution in [-0.2, 0) is 19.6 Å². The zero-order valence-electron chi connectivity index (χ0n) is 18.7. The number of ether oxygens (including phenoxy) is 2. The van der Waals surface area contributed by atoms with Gasteiger partial charge in [-0.2, -0.15) is 0 Å². The van der Waals surface area contributed by atoms with E-state index in [1.807, 2.05) is 30.3 Å². The summed E-state index contributed by atoms with van der Waals surface area (Å²) in [5, 5.41) is 2.84. The van der Waals surface area contributed by atoms with Gasteiger partial charge in [0.15, 0.2) is 0 Å². The van der Waals surface area contributed by atoms with Crippen molar-refractivity contribution in [3.05, 3.63) is 48.5 Å². The van der Waals surface area contributed by atoms with E-state index in [9.17, 15) is 18.0 Å². The Morgan fingerprint density at radius 2 is 1.91 bits per heavy atom. The Morgan fingerprint density at radius 3 is 2.61 bits per heavy atom. The Labute approximate surface area is 194 Å². The minimum absolute atomic E-state index is 0.0405. The average molecular weight is 476 g/mol. The summed E-state index contributed by atoms with van der Waals surface area (Å²) in [5.74, 6) is 0.434. The van der Waals surface area contributed by atoms with Crippen molar-refractivity contribution in [2.75, 3.05) is 43.1 Å². The minimum atomic E-state index is -3.46. The van der Waals surface area contributed by atoms with Gasteiger partial charge in [0.1, 0.15) is 11.5 Å². The van der Waals surface area contributed by atoms with Crippen molar-refractivity contribution in [1.82, 2.24) is 4.90 Å². The highest BCUT2D eigenvalue weighted by Gasteiger charge is 2.28. The summed E-state index contributed by atoms with van der Waals surface area (Å²) in [5.41, 5.74) is 0.765. The number of methoxy groups -OCH3 is 1. The van der Waals surface area contributed by atoms with Crippen molar-refractivity contribution < 1.29 is 27.5 Å². The average Bonchev–Trinajstić information content (AvgIpc) is 2.80. The number of nitrogens with zero attached hydrogens (tertiary/aromatic N) is 1. The molecule has 1 aliphatic rings. The molecule has 1 heterocycles. The lowest BCUT2D eigenvalue weighted by Crippen LogP contribution is -2.44. The molecule has 1 unspecified atom stereocenters. The van der Waals surface area contributed by atoms with Gasteiger partial charge in [-0.1, -0.05) is 18.2 Å². The van der Waals surface area contributed by atoms with Crippen LogP contribution in [0, 0.1) is 5.92 Å². The molecule has 2 aromatic carbocycles. The molecular formula is C23H29N3O6S. The summed E-state index contributed by atoms with van der Waals surface area (Å²) < 4.78 is 36.2. The molecule has 2 amide bonds. The number of likely N-dealkylation sites (tertiary alicyclic amines) is 1. The Kier molecular flexibility index (Phi) is 8.16. The lowest BCUT2D eigenvalue weighted by Gasteiger charge is -2.32. The maximum Gasteiger partial charge on any atom is 0.229 e. The molecular weight excluding hydrogens is 446 g/mol. The molecule has 3 rings (SSSR count). The fraction of sp³-hybridized carbons (Fsp3) is 0.391. The fourth-order valence-electron chi connectivity index (χ4n) is 3.65. The Morgan fingerprint density at radius 1 is 1.15 bits per heavy atom. The van der Waals surface area contributed by atoms with Gasteiger partial charge in [-0.05, 0) is 37.1 Å². The van der Waals surface area contributed by atoms with E-state index in [4.69, 9.17) is 9.47 Å². The van der Waals surface area contributed by atoms with Crippen molar-refractivity contribution in [1.29, 1.82) is 0 Å². The molecule has 9 nitrogen and oxygen atoms in total. The maximum atomic E-state index is 12.8. The quantitative estimate of drug-likeness (QED) is 0.576. The lowest BCUT2D eigenvalue weighted by atomic mass is 9.96. The van der Waals surface area contributed by atoms with Crippen molar-refractivity contribution >= 4 is 33.2 Å². The highest BCUT2D eigenvalue weighted by atomic mass is 32.2. The highest BCUT2D eigenvalue weighted by molar-refractivity contribution is 7.92. The van der Waals surface area contributed by atoms with Crippen LogP contribution in [0.15, 0.2) is 48.5 Å². The van der Waals surface area contributed by atoms with Crippen LogP contribution in [0.1, 0.15) is 19.3 Å². The number of sulfonamides is 1. The molecule has 178 valence electrons. The van der Waals surface area contributed by atoms with Crippen molar-refractivity contribution in [3.8, 4) is 11.5 Å². The second-order valence-electron chi connectivity index (χ2n) is 7.87. The zero-order chi connectivity index (χ0) is 23.8. The molecule has 1 atom stereocenters. The number of benzene rings is 2. The Hall–Kier alpha value is -3.27. The molecule has 0 aliphatic carbocycles. The van der Waals surface area contributed by atoms with Gasteiger partial charge in [0.05, 0.1) is 38.0 Å². The molecule has 2 aromatic rings. The number of carbonyl (C=O) groups excluding carboxylic acids is 2. The molecule has 33 heavy (non-hydrogen) atoms. The number of nitrogens with one attached hydrogen (secondary N) is 2. The number of para-hydroxylation sites is 1. The van der Waals surface area contributed by atoms with Crippen LogP contribution in [0.25, 0.3) is 0 Å². The first kappa shape index (κ1) is 24.4. The summed E-state index contributed by atoms with van der Waals surface area (Å²) >= 11 is 0. The number of anilines is 2. The summed E-state index contributed by atoms with van der Waals surface area (Å²) in [6.45, 7) is 1.25. The third-order valence-corrected chi connectivity index (χ3v) is 5.83. The van der Waals surface area contributed by atoms with Gasteiger partial charge in [0, 0.05) is 24.8 Å². The first-order valence-electron chi connectivity index (χ1n) is 10.7. The molecule has 1 fully saturated rings. The Balaban J connectivity index is 1.54. The Bertz CT molecular complexity index is 1070. The smallest absolute Gasteiger partial charge is 0.229 e. The van der Waals surface area contributed by atoms with Gasteiger partial charge in [-0.15, -0.1) is 0 Å². The maximum absolute atomic E-state index is 12.8. The van der Waals surface area contributed by atoms with Crippen LogP contribution < -0.4 is 19.5 Å². The molecule has 2 N–H and O–H groups in total. The molecule has 1 aliphatic heterocycles. The number of rotatable bonds is 9. The SMILES string of the molecule is COc1cc(NC(=O)C2CCCN(C(=O)CCOc3ccccc3)C2)ccc1NS(C)(=O)=O. The summed E-state index contributed by atoms with van der Waals surface area (Å²) in [6.07, 6.45) is 2.71. The van der Waals surface area contributed by atoms with E-state index >= 15 is 0 Å². The lowest BCUT2D eigenvalue weighted by molar-refractivity contribution is -0.135. The monoisotopic (exact) mass is 475 g/mol. The summed E-state index contributed by atoms with van der Waals surface area (Å²) in [4.78, 5) is 27.1. The van der Waals surface area contributed by atoms with Crippen LogP contribution in [0.2, 0.25) is 0 Å². The molecule has 0 aromatic heterocycles. The third kappa shape index (κ3) is 7.38. The first-order chi connectivity index (χ1) is 15.7. The van der Waals surface area contributed by atoms with E-state index in [0.29, 0.717) is 25.2 Å². The first-order valence-corrected chi connectivity index (χ1v) is 12.6. The van der Waals surface area contributed by atoms with E-state index in [-0.39, 0.29) is 42.2 Å². The topological polar surface area (TPSA) is 114 Å². The number of amides is 2. The molecule has 10 heteroatoms. The van der Waals surface area contributed by atoms with Crippen LogP contribution in [0.3, 0.4) is 0 Å². The van der Waals surface area contributed by atoms with Gasteiger partial charge in [0.2, 0.25) is 21.8 Å². The molecule has 0 radical (unpaired) electrons. The van der Waals surface area contributed by atoms with Crippen LogP contribution >= 0.6 is 0 Å². The van der Waals surface area contributed by atoms with Crippen molar-refractivity contribution in [2.24, 2.45) is 5.92 Å². The summed E-state index contributed by atoms with van der Waals surface area (Å²) in [6, 6.07) is 14.0. The second-order valence-corrected chi connectivity index (χ2v) is 9.62. The minimum Gasteiger partial charge on any atom is -0.494 e. The number of hydrogen-bond donors (Lipinski definition) is 2. The third-order valence-electron chi connectivity index (χ3n) is 5.24. The van der Waals surface area contributed by atoms with Gasteiger partial charge < -0.3 is 19.7 Å². The molecule has 0 spiro atoms. The number of piperidine rings is 1. The van der Waals surface area contributed by atoms with Crippen molar-refractivity contribution in [2.45, 2.75) is 19.3 Å². The van der Waals surface area contributed by atoms with Gasteiger partial charge in [0.25, 0.3) is 0 Å². The number of carbonyl (C=O) groups is 2. The number of hydrogen-bond acceptors (Lipinski definition) is 6. The normalized spacial score (nSPS) is 16.1. The van der Waals surface area contributed by atoms with E-state index in [1.165, 1.54) is 13.2 Å². The second kappa shape index (κ2) is 11.0. The standard InChI is InChI=1S/C23H29N3O6S/c1-31-21-15-18(10-11-20(21)25-33(2,29)30)24-23(28)17-7-6-13-26(16-17)22(27)12-14-32-19-8-4-3-5-9-19/h3-5,8-11,15,17,25H,6-7,12-14,16H2,1-2H3,(H,24,28). The summed E-state index contributed by atoms with van der Waals surface area (Å²) in [7, 11) is -2.05. The van der Waals surface area contributed by atoms with E-state index in [1.54, 1.807) is 17.0 Å². The predicted molar refractivity (Wildman–Crippen MR) is 126 cm³/mol. The zero-order valence-corrected chi connectivity index (χ0v) is 19.6. The highest BCUT2D eigenvalue weighted by Crippen LogP contribution is 2.29. The van der Waals surface area contributed by atoms with Crippen LogP contribution in [0.5, 0.6) is 11.5 Å². The predicted octanol–water partition coefficient (Wildman–Crippen LogP) is 2.71. The van der Waals surface area contributed by atoms with Crippen molar-refractivity contribution in [3.63, 3.8) is 0 Å². The molecule has 0 saturated carbocycles. The van der Waals surface area contributed by atoms with E-state index in [2.05, 4.69) is 10.0 Å². The van der Waals surface area contributed by atoms with E-state index < -0.39 is 10.0 Å². The van der Waals surface area contributed by atoms with Crippen LogP contribution in [0.4, 0.5) is 11.4 Å². The van der Waals surface area contributed by atoms with E-state index in [0.717, 1.165) is 18.4 Å². The van der Waals surface area contributed by atoms with Gasteiger partial charge in [-0.25, -0.2) is 8.42 Å². The largest absolute Gasteiger partial charge is 0.494 e. The van der Waals surface area contributed by atoms with Gasteiger partial charge in [-0.3, -0.25) is 14.3 Å². The molecule has 0 bridgehead atoms. The fourth-order valence-corrected chi connectivity index (χ4v) is 4.21.